The Morgan fingerprint density at radius 3 is 1.89 bits per heavy atom. The highest BCUT2D eigenvalue weighted by atomic mass is 16.6. The first-order valence-corrected chi connectivity index (χ1v) is 15.5. The minimum atomic E-state index is -2.48. The molecule has 3 saturated carbocycles. The van der Waals surface area contributed by atoms with E-state index in [-0.39, 0.29) is 24.0 Å². The third-order valence-electron chi connectivity index (χ3n) is 10.9. The van der Waals surface area contributed by atoms with Crippen molar-refractivity contribution in [2.24, 2.45) is 28.1 Å². The van der Waals surface area contributed by atoms with Gasteiger partial charge in [-0.05, 0) is 48.9 Å². The number of carbonyl (C=O) groups is 4. The van der Waals surface area contributed by atoms with E-state index in [1.54, 1.807) is 76.2 Å². The van der Waals surface area contributed by atoms with Crippen molar-refractivity contribution in [3.05, 3.63) is 84.4 Å². The number of esters is 3. The van der Waals surface area contributed by atoms with Gasteiger partial charge in [0.15, 0.2) is 11.4 Å². The minimum absolute atomic E-state index is 0.103. The van der Waals surface area contributed by atoms with E-state index in [4.69, 9.17) is 14.2 Å². The van der Waals surface area contributed by atoms with Gasteiger partial charge in [-0.1, -0.05) is 63.2 Å². The summed E-state index contributed by atoms with van der Waals surface area (Å²) in [5.74, 6) is -5.08. The van der Waals surface area contributed by atoms with Crippen LogP contribution in [0.3, 0.4) is 0 Å². The fourth-order valence-corrected chi connectivity index (χ4v) is 8.61. The zero-order valence-corrected chi connectivity index (χ0v) is 26.7. The average molecular weight is 635 g/mol. The third kappa shape index (κ3) is 5.07. The van der Waals surface area contributed by atoms with Gasteiger partial charge in [-0.3, -0.25) is 9.59 Å². The van der Waals surface area contributed by atoms with Gasteiger partial charge in [-0.2, -0.15) is 0 Å². The summed E-state index contributed by atoms with van der Waals surface area (Å²) in [6.45, 7) is 11.7. The number of hydrogen-bond acceptors (Lipinski definition) is 10. The molecule has 0 heterocycles. The molecule has 0 unspecified atom stereocenters. The van der Waals surface area contributed by atoms with Crippen LogP contribution in [0.4, 0.5) is 0 Å². The fourth-order valence-electron chi connectivity index (χ4n) is 8.61. The van der Waals surface area contributed by atoms with Gasteiger partial charge in [0.25, 0.3) is 0 Å². The Morgan fingerprint density at radius 1 is 0.870 bits per heavy atom. The van der Waals surface area contributed by atoms with E-state index in [2.05, 4.69) is 6.58 Å². The molecule has 0 bridgehead atoms. The normalized spacial score (nSPS) is 38.0. The van der Waals surface area contributed by atoms with Crippen LogP contribution in [-0.4, -0.2) is 75.1 Å². The highest BCUT2D eigenvalue weighted by molar-refractivity contribution is 5.97. The zero-order valence-electron chi connectivity index (χ0n) is 26.7. The first kappa shape index (κ1) is 33.5. The fraction of sp³-hybridized carbons (Fsp3) is 0.500. The summed E-state index contributed by atoms with van der Waals surface area (Å²) < 4.78 is 17.9. The standard InChI is InChI=1S/C36H42O10/c1-7-34(5)19-23(45-30(40)21-14-10-8-11-15-21)27-35(6)24(18-25(44-20(2)37)36(27,43)32(34)42)33(3,4)28(39)26(38)29(35)46-31(41)22-16-12-9-13-17-22/h7-17,23-29,38-39,43H,1,18-19H2,2-6H3/t23-,24+,25+,26+,27+,28-,29+,34+,35-,36-/m1/s1. The Balaban J connectivity index is 1.74. The van der Waals surface area contributed by atoms with Crippen LogP contribution in [0.2, 0.25) is 0 Å². The topological polar surface area (TPSA) is 157 Å². The van der Waals surface area contributed by atoms with Gasteiger partial charge in [0.05, 0.1) is 22.6 Å². The molecule has 3 aliphatic carbocycles. The zero-order chi connectivity index (χ0) is 33.8. The molecule has 10 heteroatoms. The van der Waals surface area contributed by atoms with Crippen molar-refractivity contribution in [1.29, 1.82) is 0 Å². The largest absolute Gasteiger partial charge is 0.459 e. The molecule has 0 aromatic heterocycles. The number of carbonyl (C=O) groups excluding carboxylic acids is 4. The second kappa shape index (κ2) is 11.7. The molecule has 46 heavy (non-hydrogen) atoms. The molecule has 10 atom stereocenters. The van der Waals surface area contributed by atoms with Gasteiger partial charge >= 0.3 is 17.9 Å². The van der Waals surface area contributed by atoms with Crippen LogP contribution in [-0.2, 0) is 23.8 Å². The van der Waals surface area contributed by atoms with E-state index in [0.717, 1.165) is 6.92 Å². The van der Waals surface area contributed by atoms with Crippen molar-refractivity contribution >= 4 is 23.7 Å². The smallest absolute Gasteiger partial charge is 0.338 e. The quantitative estimate of drug-likeness (QED) is 0.243. The van der Waals surface area contributed by atoms with Gasteiger partial charge in [-0.25, -0.2) is 9.59 Å². The maximum absolute atomic E-state index is 14.5. The Bertz CT molecular complexity index is 1520. The number of allylic oxidation sites excluding steroid dienone is 1. The maximum Gasteiger partial charge on any atom is 0.338 e. The van der Waals surface area contributed by atoms with Crippen LogP contribution in [0.5, 0.6) is 0 Å². The first-order valence-electron chi connectivity index (χ1n) is 15.5. The third-order valence-corrected chi connectivity index (χ3v) is 10.9. The predicted molar refractivity (Wildman–Crippen MR) is 165 cm³/mol. The summed E-state index contributed by atoms with van der Waals surface area (Å²) in [4.78, 5) is 54.2. The van der Waals surface area contributed by atoms with Gasteiger partial charge in [0, 0.05) is 24.7 Å². The lowest BCUT2D eigenvalue weighted by atomic mass is 9.39. The molecule has 246 valence electrons. The molecule has 0 spiro atoms. The Hall–Kier alpha value is -3.86. The van der Waals surface area contributed by atoms with Crippen LogP contribution in [0.25, 0.3) is 0 Å². The SMILES string of the molecule is C=C[C@@]1(C)C[C@@H](OC(=O)c2ccccc2)[C@@H]2[C@@](O)(C1=O)[C@@H](OC(C)=O)C[C@H]1C(C)(C)[C@H](O)[C@H](O)[C@H](OC(=O)c3ccccc3)[C@@]21C. The van der Waals surface area contributed by atoms with Crippen molar-refractivity contribution in [3.8, 4) is 0 Å². The summed E-state index contributed by atoms with van der Waals surface area (Å²) in [6.07, 6.45) is -6.07. The number of ether oxygens (including phenoxy) is 3. The number of rotatable bonds is 6. The van der Waals surface area contributed by atoms with E-state index in [9.17, 15) is 34.5 Å². The number of fused-ring (bicyclic) bond motifs is 3. The first-order chi connectivity index (χ1) is 21.5. The number of aliphatic hydroxyl groups excluding tert-OH is 2. The molecule has 0 radical (unpaired) electrons. The van der Waals surface area contributed by atoms with Gasteiger partial charge in [0.2, 0.25) is 0 Å². The van der Waals surface area contributed by atoms with Crippen LogP contribution < -0.4 is 0 Å². The number of aliphatic hydroxyl groups is 3. The van der Waals surface area contributed by atoms with E-state index in [1.165, 1.54) is 18.2 Å². The summed E-state index contributed by atoms with van der Waals surface area (Å²) in [7, 11) is 0. The highest BCUT2D eigenvalue weighted by Crippen LogP contribution is 2.67. The lowest BCUT2D eigenvalue weighted by Crippen LogP contribution is -2.80. The summed E-state index contributed by atoms with van der Waals surface area (Å²) in [6, 6.07) is 16.3. The lowest BCUT2D eigenvalue weighted by Gasteiger charge is -2.68. The summed E-state index contributed by atoms with van der Waals surface area (Å²) >= 11 is 0. The second-order valence-electron chi connectivity index (χ2n) is 14.0. The molecular weight excluding hydrogens is 592 g/mol. The van der Waals surface area contributed by atoms with Crippen LogP contribution >= 0.6 is 0 Å². The van der Waals surface area contributed by atoms with E-state index < -0.39 is 87.9 Å². The van der Waals surface area contributed by atoms with Gasteiger partial charge in [-0.15, -0.1) is 6.58 Å². The number of benzene rings is 2. The monoisotopic (exact) mass is 634 g/mol. The number of hydrogen-bond donors (Lipinski definition) is 3. The molecule has 0 amide bonds. The van der Waals surface area contributed by atoms with E-state index in [0.29, 0.717) is 0 Å². The highest BCUT2D eigenvalue weighted by Gasteiger charge is 2.78. The molecule has 2 aromatic carbocycles. The average Bonchev–Trinajstić information content (AvgIpc) is 3.02. The maximum atomic E-state index is 14.5. The van der Waals surface area contributed by atoms with Crippen molar-refractivity contribution in [2.75, 3.05) is 0 Å². The van der Waals surface area contributed by atoms with Crippen molar-refractivity contribution in [2.45, 2.75) is 83.6 Å². The Labute approximate surface area is 268 Å². The summed E-state index contributed by atoms with van der Waals surface area (Å²) in [5.41, 5.74) is -6.13. The molecule has 0 saturated heterocycles. The molecule has 3 N–H and O–H groups in total. The molecule has 5 rings (SSSR count). The van der Waals surface area contributed by atoms with Crippen LogP contribution in [0.15, 0.2) is 73.3 Å². The van der Waals surface area contributed by atoms with Gasteiger partial charge in [0.1, 0.15) is 24.4 Å². The van der Waals surface area contributed by atoms with Crippen molar-refractivity contribution in [1.82, 2.24) is 0 Å². The van der Waals surface area contributed by atoms with Crippen molar-refractivity contribution in [3.63, 3.8) is 0 Å². The number of ketones is 1. The van der Waals surface area contributed by atoms with Crippen LogP contribution in [0, 0.1) is 28.1 Å². The Kier molecular flexibility index (Phi) is 8.55. The van der Waals surface area contributed by atoms with E-state index >= 15 is 0 Å². The minimum Gasteiger partial charge on any atom is -0.459 e. The van der Waals surface area contributed by atoms with Crippen LogP contribution in [0.1, 0.15) is 68.2 Å². The number of Topliss-reactive ketones (excluding diaryl/α,β-unsaturated/α-hetero) is 1. The molecule has 3 aliphatic rings. The second-order valence-corrected chi connectivity index (χ2v) is 14.0. The van der Waals surface area contributed by atoms with Gasteiger partial charge < -0.3 is 29.5 Å². The molecule has 10 nitrogen and oxygen atoms in total. The lowest BCUT2D eigenvalue weighted by molar-refractivity contribution is -0.312. The van der Waals surface area contributed by atoms with E-state index in [1.807, 2.05) is 0 Å². The Morgan fingerprint density at radius 2 is 1.39 bits per heavy atom. The molecule has 3 fully saturated rings. The molecule has 2 aromatic rings. The molecule has 0 aliphatic heterocycles. The van der Waals surface area contributed by atoms with Crippen molar-refractivity contribution < 1.29 is 48.7 Å². The summed E-state index contributed by atoms with van der Waals surface area (Å²) in [5, 5.41) is 36.0. The molecular formula is C36H42O10. The predicted octanol–water partition coefficient (Wildman–Crippen LogP) is 3.67.